The Labute approximate surface area is 260 Å². The van der Waals surface area contributed by atoms with Gasteiger partial charge in [-0.1, -0.05) is 47.5 Å². The first kappa shape index (κ1) is 33.2. The summed E-state index contributed by atoms with van der Waals surface area (Å²) in [6.07, 6.45) is 9.86. The Kier molecular flexibility index (Phi) is 9.71. The molecule has 43 heavy (non-hydrogen) atoms. The Balaban J connectivity index is 1.27. The summed E-state index contributed by atoms with van der Waals surface area (Å²) < 4.78 is 24.8. The molecule has 0 aromatic rings. The van der Waals surface area contributed by atoms with Gasteiger partial charge in [-0.15, -0.1) is 0 Å². The van der Waals surface area contributed by atoms with Gasteiger partial charge in [0, 0.05) is 19.8 Å². The maximum Gasteiger partial charge on any atom is 0.303 e. The fourth-order valence-corrected chi connectivity index (χ4v) is 10.3. The number of fused-ring (bicyclic) bond motifs is 2. The van der Waals surface area contributed by atoms with Gasteiger partial charge in [-0.2, -0.15) is 0 Å². The monoisotopic (exact) mass is 604 g/mol. The van der Waals surface area contributed by atoms with E-state index in [2.05, 4.69) is 34.6 Å². The zero-order chi connectivity index (χ0) is 31.3. The Morgan fingerprint density at radius 3 is 2.51 bits per heavy atom. The molecule has 5 aliphatic rings. The molecule has 1 saturated heterocycles. The molecule has 7 heteroatoms. The van der Waals surface area contributed by atoms with E-state index >= 15 is 0 Å². The minimum absolute atomic E-state index is 0.0439. The van der Waals surface area contributed by atoms with Crippen molar-refractivity contribution >= 4 is 5.97 Å². The molecule has 0 spiro atoms. The predicted molar refractivity (Wildman–Crippen MR) is 166 cm³/mol. The van der Waals surface area contributed by atoms with Gasteiger partial charge in [0.1, 0.15) is 6.10 Å². The normalized spacial score (nSPS) is 42.0. The van der Waals surface area contributed by atoms with Crippen molar-refractivity contribution in [1.82, 2.24) is 0 Å². The van der Waals surface area contributed by atoms with E-state index in [1.807, 2.05) is 0 Å². The van der Waals surface area contributed by atoms with E-state index in [0.29, 0.717) is 49.0 Å². The highest BCUT2D eigenvalue weighted by atomic mass is 16.7. The van der Waals surface area contributed by atoms with Crippen LogP contribution in [0.25, 0.3) is 0 Å². The predicted octanol–water partition coefficient (Wildman–Crippen LogP) is 6.93. The van der Waals surface area contributed by atoms with Gasteiger partial charge in [-0.05, 0) is 105 Å². The lowest BCUT2D eigenvalue weighted by Gasteiger charge is -2.50. The smallest absolute Gasteiger partial charge is 0.303 e. The van der Waals surface area contributed by atoms with Crippen LogP contribution in [0.2, 0.25) is 0 Å². The van der Waals surface area contributed by atoms with E-state index in [4.69, 9.17) is 18.9 Å². The van der Waals surface area contributed by atoms with Crippen molar-refractivity contribution in [2.75, 3.05) is 6.61 Å². The van der Waals surface area contributed by atoms with Gasteiger partial charge < -0.3 is 29.2 Å². The Morgan fingerprint density at radius 1 is 1.09 bits per heavy atom. The SMILES string of the molecule is CC(=O)O[C@@H]([C@H]1C[C@@H](C)C2=C(CC3[C@H](CCC4C(C)CC[C@H](OC5C[C@@H](O)CCO5)C4(C)C)CCC[C@]23C)O1)C(C)(C)O. The molecule has 4 unspecified atom stereocenters. The van der Waals surface area contributed by atoms with Crippen LogP contribution in [0.4, 0.5) is 0 Å². The molecule has 5 rings (SSSR count). The van der Waals surface area contributed by atoms with E-state index in [-0.39, 0.29) is 41.4 Å². The second-order valence-electron chi connectivity index (χ2n) is 16.4. The molecule has 0 aromatic heterocycles. The zero-order valence-corrected chi connectivity index (χ0v) is 28.2. The summed E-state index contributed by atoms with van der Waals surface area (Å²) in [6, 6.07) is 0. The molecule has 7 nitrogen and oxygen atoms in total. The quantitative estimate of drug-likeness (QED) is 0.290. The number of esters is 1. The third-order valence-corrected chi connectivity index (χ3v) is 12.4. The lowest BCUT2D eigenvalue weighted by Crippen LogP contribution is -2.50. The third kappa shape index (κ3) is 6.71. The van der Waals surface area contributed by atoms with Crippen molar-refractivity contribution in [2.24, 2.45) is 40.4 Å². The van der Waals surface area contributed by atoms with Crippen molar-refractivity contribution in [3.63, 3.8) is 0 Å². The first-order valence-corrected chi connectivity index (χ1v) is 17.4. The van der Waals surface area contributed by atoms with E-state index < -0.39 is 11.7 Å². The highest BCUT2D eigenvalue weighted by Gasteiger charge is 2.55. The molecule has 3 aliphatic carbocycles. The summed E-state index contributed by atoms with van der Waals surface area (Å²) in [4.78, 5) is 11.9. The molecule has 0 aromatic carbocycles. The molecule has 3 fully saturated rings. The minimum Gasteiger partial charge on any atom is -0.491 e. The molecule has 2 heterocycles. The summed E-state index contributed by atoms with van der Waals surface area (Å²) in [7, 11) is 0. The number of ether oxygens (including phenoxy) is 4. The van der Waals surface area contributed by atoms with E-state index in [1.54, 1.807) is 13.8 Å². The number of allylic oxidation sites excluding steroid dienone is 2. The Morgan fingerprint density at radius 2 is 1.84 bits per heavy atom. The van der Waals surface area contributed by atoms with Crippen LogP contribution in [0.5, 0.6) is 0 Å². The van der Waals surface area contributed by atoms with Crippen LogP contribution >= 0.6 is 0 Å². The number of carbonyl (C=O) groups excluding carboxylic acids is 1. The Bertz CT molecular complexity index is 1030. The van der Waals surface area contributed by atoms with Crippen LogP contribution in [0.1, 0.15) is 126 Å². The standard InChI is InChI=1S/C36H60O7/c1-21-11-14-30(43-31-19-25(38)15-17-40-31)34(4,5)26(21)13-12-24-10-9-16-36(8)27(24)20-28-32(36)22(2)18-29(42-28)33(35(6,7)39)41-23(3)37/h21-22,24-27,29-31,33,38-39H,9-20H2,1-8H3/t21?,22-,24+,25+,26?,27?,29-,30+,31?,33+,36+/m1/s1. The fraction of sp³-hybridized carbons (Fsp3) is 0.917. The van der Waals surface area contributed by atoms with Gasteiger partial charge in [0.05, 0.1) is 30.2 Å². The molecule has 0 radical (unpaired) electrons. The van der Waals surface area contributed by atoms with Gasteiger partial charge in [-0.3, -0.25) is 4.79 Å². The molecule has 246 valence electrons. The van der Waals surface area contributed by atoms with Gasteiger partial charge in [0.2, 0.25) is 0 Å². The van der Waals surface area contributed by atoms with Crippen molar-refractivity contribution in [3.8, 4) is 0 Å². The van der Waals surface area contributed by atoms with Gasteiger partial charge in [-0.25, -0.2) is 0 Å². The van der Waals surface area contributed by atoms with Crippen molar-refractivity contribution in [2.45, 2.75) is 162 Å². The van der Waals surface area contributed by atoms with Crippen LogP contribution < -0.4 is 0 Å². The molecule has 2 N–H and O–H groups in total. The van der Waals surface area contributed by atoms with E-state index in [0.717, 1.165) is 25.0 Å². The minimum atomic E-state index is -1.18. The summed E-state index contributed by atoms with van der Waals surface area (Å²) in [5.74, 6) is 3.50. The average Bonchev–Trinajstić information content (AvgIpc) is 3.21. The van der Waals surface area contributed by atoms with Crippen molar-refractivity contribution in [3.05, 3.63) is 11.3 Å². The van der Waals surface area contributed by atoms with Crippen LogP contribution in [0.3, 0.4) is 0 Å². The second kappa shape index (κ2) is 12.6. The van der Waals surface area contributed by atoms with Gasteiger partial charge >= 0.3 is 5.97 Å². The van der Waals surface area contributed by atoms with Crippen molar-refractivity contribution in [1.29, 1.82) is 0 Å². The van der Waals surface area contributed by atoms with Crippen LogP contribution in [0.15, 0.2) is 11.3 Å². The first-order chi connectivity index (χ1) is 20.1. The Hall–Kier alpha value is -1.15. The van der Waals surface area contributed by atoms with Gasteiger partial charge in [0.15, 0.2) is 12.4 Å². The highest BCUT2D eigenvalue weighted by molar-refractivity contribution is 5.66. The summed E-state index contributed by atoms with van der Waals surface area (Å²) in [5.41, 5.74) is 0.500. The zero-order valence-electron chi connectivity index (χ0n) is 28.2. The molecular formula is C36H60O7. The molecule has 2 saturated carbocycles. The maximum atomic E-state index is 11.9. The van der Waals surface area contributed by atoms with Crippen molar-refractivity contribution < 1.29 is 34.0 Å². The summed E-state index contributed by atoms with van der Waals surface area (Å²) in [5, 5.41) is 21.0. The summed E-state index contributed by atoms with van der Waals surface area (Å²) >= 11 is 0. The second-order valence-corrected chi connectivity index (χ2v) is 16.4. The van der Waals surface area contributed by atoms with E-state index in [1.165, 1.54) is 51.0 Å². The summed E-state index contributed by atoms with van der Waals surface area (Å²) in [6.45, 7) is 17.4. The largest absolute Gasteiger partial charge is 0.491 e. The maximum absolute atomic E-state index is 11.9. The van der Waals surface area contributed by atoms with Crippen LogP contribution in [0, 0.1) is 40.4 Å². The molecule has 0 bridgehead atoms. The fourth-order valence-electron chi connectivity index (χ4n) is 10.3. The highest BCUT2D eigenvalue weighted by Crippen LogP contribution is 2.62. The van der Waals surface area contributed by atoms with E-state index in [9.17, 15) is 15.0 Å². The molecular weight excluding hydrogens is 544 g/mol. The lowest BCUT2D eigenvalue weighted by molar-refractivity contribution is -0.240. The molecule has 11 atom stereocenters. The number of hydrogen-bond acceptors (Lipinski definition) is 7. The van der Waals surface area contributed by atoms with Crippen LogP contribution in [-0.2, 0) is 23.7 Å². The third-order valence-electron chi connectivity index (χ3n) is 12.4. The first-order valence-electron chi connectivity index (χ1n) is 17.4. The number of carbonyl (C=O) groups is 1. The number of rotatable bonds is 8. The number of hydrogen-bond donors (Lipinski definition) is 2. The number of aliphatic hydroxyl groups excluding tert-OH is 1. The van der Waals surface area contributed by atoms with Gasteiger partial charge in [0.25, 0.3) is 0 Å². The number of aliphatic hydroxyl groups is 2. The average molecular weight is 605 g/mol. The molecule has 2 aliphatic heterocycles. The van der Waals surface area contributed by atoms with Crippen LogP contribution in [-0.4, -0.2) is 59.1 Å². The lowest BCUT2D eigenvalue weighted by atomic mass is 9.57. The molecule has 0 amide bonds. The topological polar surface area (TPSA) is 94.5 Å².